The van der Waals surface area contributed by atoms with E-state index in [1.807, 2.05) is 12.1 Å². The van der Waals surface area contributed by atoms with Gasteiger partial charge in [0.25, 0.3) is 0 Å². The van der Waals surface area contributed by atoms with Gasteiger partial charge in [0.15, 0.2) is 5.84 Å². The van der Waals surface area contributed by atoms with Gasteiger partial charge in [-0.3, -0.25) is 4.98 Å². The van der Waals surface area contributed by atoms with Crippen molar-refractivity contribution in [3.05, 3.63) is 65.2 Å². The summed E-state index contributed by atoms with van der Waals surface area (Å²) in [5, 5.41) is 14.5. The summed E-state index contributed by atoms with van der Waals surface area (Å²) in [6, 6.07) is 8.26. The van der Waals surface area contributed by atoms with Gasteiger partial charge in [0, 0.05) is 36.6 Å². The van der Waals surface area contributed by atoms with Gasteiger partial charge in [0.05, 0.1) is 0 Å². The summed E-state index contributed by atoms with van der Waals surface area (Å²) >= 11 is 0. The van der Waals surface area contributed by atoms with Crippen LogP contribution in [0.2, 0.25) is 0 Å². The maximum absolute atomic E-state index is 13.8. The highest BCUT2D eigenvalue weighted by molar-refractivity contribution is 5.97. The Bertz CT molecular complexity index is 601. The number of aromatic nitrogens is 1. The van der Waals surface area contributed by atoms with Crippen LogP contribution in [0.25, 0.3) is 0 Å². The monoisotopic (exact) mass is 274 g/mol. The quantitative estimate of drug-likeness (QED) is 0.335. The zero-order valence-corrected chi connectivity index (χ0v) is 10.8. The van der Waals surface area contributed by atoms with Crippen LogP contribution in [0.3, 0.4) is 0 Å². The Balaban J connectivity index is 1.97. The highest BCUT2D eigenvalue weighted by Gasteiger charge is 2.06. The van der Waals surface area contributed by atoms with Gasteiger partial charge in [-0.2, -0.15) is 0 Å². The van der Waals surface area contributed by atoms with Crippen LogP contribution in [0.5, 0.6) is 0 Å². The van der Waals surface area contributed by atoms with Gasteiger partial charge in [-0.25, -0.2) is 4.39 Å². The summed E-state index contributed by atoms with van der Waals surface area (Å²) in [4.78, 5) is 3.93. The number of hydrogen-bond acceptors (Lipinski definition) is 4. The fraction of sp³-hybridized carbons (Fsp3) is 0.143. The first-order valence-corrected chi connectivity index (χ1v) is 6.06. The molecule has 20 heavy (non-hydrogen) atoms. The van der Waals surface area contributed by atoms with Gasteiger partial charge < -0.3 is 16.3 Å². The maximum Gasteiger partial charge on any atom is 0.170 e. The standard InChI is InChI=1S/C14H15FN4O/c15-13-7-11(14(16)19-20)1-2-12(13)9-18-8-10-3-5-17-6-4-10/h1-7,18,20H,8-9H2,(H2,16,19). The van der Waals surface area contributed by atoms with Crippen LogP contribution in [0.15, 0.2) is 47.9 Å². The molecule has 5 nitrogen and oxygen atoms in total. The third-order valence-corrected chi connectivity index (χ3v) is 2.85. The van der Waals surface area contributed by atoms with Gasteiger partial charge in [0.1, 0.15) is 5.82 Å². The number of halogens is 1. The van der Waals surface area contributed by atoms with E-state index >= 15 is 0 Å². The normalized spacial score (nSPS) is 11.6. The smallest absolute Gasteiger partial charge is 0.170 e. The summed E-state index contributed by atoms with van der Waals surface area (Å²) in [6.45, 7) is 1.02. The first-order valence-electron chi connectivity index (χ1n) is 6.06. The number of rotatable bonds is 5. The van der Waals surface area contributed by atoms with E-state index < -0.39 is 5.82 Å². The van der Waals surface area contributed by atoms with E-state index in [9.17, 15) is 4.39 Å². The van der Waals surface area contributed by atoms with Gasteiger partial charge >= 0.3 is 0 Å². The molecule has 1 aromatic heterocycles. The van der Waals surface area contributed by atoms with E-state index in [1.54, 1.807) is 24.5 Å². The molecule has 0 amide bonds. The molecule has 0 aliphatic rings. The second-order valence-electron chi connectivity index (χ2n) is 4.25. The third-order valence-electron chi connectivity index (χ3n) is 2.85. The van der Waals surface area contributed by atoms with Gasteiger partial charge in [0.2, 0.25) is 0 Å². The molecule has 1 heterocycles. The van der Waals surface area contributed by atoms with Crippen molar-refractivity contribution in [1.82, 2.24) is 10.3 Å². The Labute approximate surface area is 116 Å². The number of nitrogens with zero attached hydrogens (tertiary/aromatic N) is 2. The first-order chi connectivity index (χ1) is 9.70. The Morgan fingerprint density at radius 2 is 2.00 bits per heavy atom. The molecule has 1 aromatic carbocycles. The average molecular weight is 274 g/mol. The molecule has 0 saturated carbocycles. The first kappa shape index (κ1) is 14.0. The predicted molar refractivity (Wildman–Crippen MR) is 73.7 cm³/mol. The lowest BCUT2D eigenvalue weighted by Gasteiger charge is -2.07. The van der Waals surface area contributed by atoms with Crippen molar-refractivity contribution < 1.29 is 9.60 Å². The lowest BCUT2D eigenvalue weighted by Crippen LogP contribution is -2.16. The SMILES string of the molecule is NC(=NO)c1ccc(CNCc2ccncc2)c(F)c1. The lowest BCUT2D eigenvalue weighted by atomic mass is 10.1. The molecule has 4 N–H and O–H groups in total. The summed E-state index contributed by atoms with van der Waals surface area (Å²) in [5.74, 6) is -0.503. The van der Waals surface area contributed by atoms with Crippen LogP contribution in [0.1, 0.15) is 16.7 Å². The number of nitrogens with two attached hydrogens (primary N) is 1. The zero-order chi connectivity index (χ0) is 14.4. The van der Waals surface area contributed by atoms with E-state index in [0.717, 1.165) is 5.56 Å². The van der Waals surface area contributed by atoms with Crippen LogP contribution in [-0.2, 0) is 13.1 Å². The molecular weight excluding hydrogens is 259 g/mol. The third kappa shape index (κ3) is 3.52. The lowest BCUT2D eigenvalue weighted by molar-refractivity contribution is 0.318. The molecule has 104 valence electrons. The Morgan fingerprint density at radius 3 is 2.65 bits per heavy atom. The Kier molecular flexibility index (Phi) is 4.62. The van der Waals surface area contributed by atoms with E-state index in [0.29, 0.717) is 24.2 Å². The van der Waals surface area contributed by atoms with Gasteiger partial charge in [-0.1, -0.05) is 17.3 Å². The molecule has 0 saturated heterocycles. The number of nitrogens with one attached hydrogen (secondary N) is 1. The zero-order valence-electron chi connectivity index (χ0n) is 10.8. The number of amidine groups is 1. The van der Waals surface area contributed by atoms with Crippen molar-refractivity contribution in [2.45, 2.75) is 13.1 Å². The van der Waals surface area contributed by atoms with E-state index in [-0.39, 0.29) is 5.84 Å². The second-order valence-corrected chi connectivity index (χ2v) is 4.25. The molecule has 0 fully saturated rings. The fourth-order valence-electron chi connectivity index (χ4n) is 1.75. The van der Waals surface area contributed by atoms with Gasteiger partial charge in [-0.05, 0) is 23.8 Å². The molecule has 0 aliphatic heterocycles. The summed E-state index contributed by atoms with van der Waals surface area (Å²) < 4.78 is 13.8. The highest BCUT2D eigenvalue weighted by Crippen LogP contribution is 2.10. The topological polar surface area (TPSA) is 83.5 Å². The van der Waals surface area contributed by atoms with Crippen LogP contribution in [0.4, 0.5) is 4.39 Å². The maximum atomic E-state index is 13.8. The number of benzene rings is 1. The molecule has 0 aliphatic carbocycles. The fourth-order valence-corrected chi connectivity index (χ4v) is 1.75. The second kappa shape index (κ2) is 6.63. The van der Waals surface area contributed by atoms with Crippen molar-refractivity contribution in [2.24, 2.45) is 10.9 Å². The molecular formula is C14H15FN4O. The van der Waals surface area contributed by atoms with Crippen molar-refractivity contribution in [1.29, 1.82) is 0 Å². The largest absolute Gasteiger partial charge is 0.409 e. The minimum Gasteiger partial charge on any atom is -0.409 e. The predicted octanol–water partition coefficient (Wildman–Crippen LogP) is 1.60. The molecule has 2 aromatic rings. The van der Waals surface area contributed by atoms with E-state index in [1.165, 1.54) is 6.07 Å². The molecule has 6 heteroatoms. The molecule has 0 unspecified atom stereocenters. The number of hydrogen-bond donors (Lipinski definition) is 3. The summed E-state index contributed by atoms with van der Waals surface area (Å²) in [7, 11) is 0. The van der Waals surface area contributed by atoms with Crippen molar-refractivity contribution in [2.75, 3.05) is 0 Å². The molecule has 0 spiro atoms. The summed E-state index contributed by atoms with van der Waals surface area (Å²) in [5.41, 5.74) is 7.35. The number of pyridine rings is 1. The van der Waals surface area contributed by atoms with Gasteiger partial charge in [-0.15, -0.1) is 0 Å². The molecule has 2 rings (SSSR count). The average Bonchev–Trinajstić information content (AvgIpc) is 2.49. The number of oxime groups is 1. The minimum atomic E-state index is -0.392. The van der Waals surface area contributed by atoms with Crippen LogP contribution < -0.4 is 11.1 Å². The molecule has 0 atom stereocenters. The molecule has 0 bridgehead atoms. The van der Waals surface area contributed by atoms with Crippen LogP contribution >= 0.6 is 0 Å². The highest BCUT2D eigenvalue weighted by atomic mass is 19.1. The van der Waals surface area contributed by atoms with Crippen LogP contribution in [0, 0.1) is 5.82 Å². The Hall–Kier alpha value is -2.47. The van der Waals surface area contributed by atoms with E-state index in [2.05, 4.69) is 15.5 Å². The minimum absolute atomic E-state index is 0.111. The summed E-state index contributed by atoms with van der Waals surface area (Å²) in [6.07, 6.45) is 3.42. The Morgan fingerprint density at radius 1 is 1.25 bits per heavy atom. The van der Waals surface area contributed by atoms with Crippen molar-refractivity contribution >= 4 is 5.84 Å². The van der Waals surface area contributed by atoms with Crippen molar-refractivity contribution in [3.8, 4) is 0 Å². The van der Waals surface area contributed by atoms with E-state index in [4.69, 9.17) is 10.9 Å². The van der Waals surface area contributed by atoms with Crippen molar-refractivity contribution in [3.63, 3.8) is 0 Å². The van der Waals surface area contributed by atoms with Crippen LogP contribution in [-0.4, -0.2) is 16.0 Å². The molecule has 0 radical (unpaired) electrons.